The fourth-order valence-electron chi connectivity index (χ4n) is 2.16. The number of nitrogens with one attached hydrogen (secondary N) is 3. The van der Waals surface area contributed by atoms with Crippen LogP contribution in [0, 0.1) is 0 Å². The maximum atomic E-state index is 11.0. The molecule has 1 heterocycles. The van der Waals surface area contributed by atoms with Crippen LogP contribution in [0.2, 0.25) is 10.0 Å². The zero-order valence-corrected chi connectivity index (χ0v) is 15.1. The van der Waals surface area contributed by atoms with E-state index in [-0.39, 0.29) is 5.91 Å². The van der Waals surface area contributed by atoms with Crippen molar-refractivity contribution in [3.05, 3.63) is 58.7 Å². The third-order valence-corrected chi connectivity index (χ3v) is 3.59. The summed E-state index contributed by atoms with van der Waals surface area (Å²) in [6.07, 6.45) is 1.50. The summed E-state index contributed by atoms with van der Waals surface area (Å²) in [4.78, 5) is 15.4. The average Bonchev–Trinajstić information content (AvgIpc) is 2.55. The summed E-state index contributed by atoms with van der Waals surface area (Å²) >= 11 is 12.0. The molecule has 3 N–H and O–H groups in total. The molecule has 0 saturated heterocycles. The van der Waals surface area contributed by atoms with E-state index < -0.39 is 0 Å². The van der Waals surface area contributed by atoms with E-state index in [2.05, 4.69) is 31.1 Å². The first kappa shape index (κ1) is 17.9. The number of halogens is 2. The Morgan fingerprint density at radius 1 is 0.923 bits per heavy atom. The molecule has 9 heteroatoms. The van der Waals surface area contributed by atoms with Crippen LogP contribution in [0.25, 0.3) is 0 Å². The number of benzene rings is 2. The molecule has 3 aromatic rings. The van der Waals surface area contributed by atoms with E-state index in [0.29, 0.717) is 33.2 Å². The summed E-state index contributed by atoms with van der Waals surface area (Å²) in [5.74, 6) is 0.675. The minimum atomic E-state index is -0.123. The van der Waals surface area contributed by atoms with E-state index in [1.54, 1.807) is 30.3 Å². The van der Waals surface area contributed by atoms with Gasteiger partial charge in [0.25, 0.3) is 0 Å². The van der Waals surface area contributed by atoms with Gasteiger partial charge in [-0.1, -0.05) is 23.2 Å². The largest absolute Gasteiger partial charge is 0.339 e. The molecule has 1 amide bonds. The number of amides is 1. The van der Waals surface area contributed by atoms with Gasteiger partial charge in [-0.25, -0.2) is 0 Å². The summed E-state index contributed by atoms with van der Waals surface area (Å²) in [7, 11) is 0. The molecule has 0 atom stereocenters. The lowest BCUT2D eigenvalue weighted by molar-refractivity contribution is -0.114. The van der Waals surface area contributed by atoms with Crippen molar-refractivity contribution in [2.24, 2.45) is 0 Å². The Balaban J connectivity index is 1.71. The zero-order chi connectivity index (χ0) is 18.5. The van der Waals surface area contributed by atoms with Gasteiger partial charge in [-0.05, 0) is 42.5 Å². The molecule has 0 bridgehead atoms. The van der Waals surface area contributed by atoms with Crippen molar-refractivity contribution in [2.75, 3.05) is 16.0 Å². The number of rotatable bonds is 5. The summed E-state index contributed by atoms with van der Waals surface area (Å²) < 4.78 is 0. The van der Waals surface area contributed by atoms with Crippen LogP contribution in [-0.4, -0.2) is 21.1 Å². The molecule has 0 aliphatic carbocycles. The summed E-state index contributed by atoms with van der Waals surface area (Å²) in [5, 5.41) is 17.7. The first-order valence-corrected chi connectivity index (χ1v) is 8.31. The number of carbonyl (C=O) groups is 1. The highest BCUT2D eigenvalue weighted by molar-refractivity contribution is 6.35. The predicted molar refractivity (Wildman–Crippen MR) is 104 cm³/mol. The van der Waals surface area contributed by atoms with Gasteiger partial charge in [-0.15, -0.1) is 5.10 Å². The second-order valence-corrected chi connectivity index (χ2v) is 6.20. The van der Waals surface area contributed by atoms with Gasteiger partial charge in [0.2, 0.25) is 11.9 Å². The monoisotopic (exact) mass is 388 g/mol. The Morgan fingerprint density at radius 3 is 2.23 bits per heavy atom. The quantitative estimate of drug-likeness (QED) is 0.590. The van der Waals surface area contributed by atoms with Crippen molar-refractivity contribution in [3.63, 3.8) is 0 Å². The number of carbonyl (C=O) groups excluding carboxylic acids is 1. The first-order valence-electron chi connectivity index (χ1n) is 7.55. The second-order valence-electron chi connectivity index (χ2n) is 5.33. The van der Waals surface area contributed by atoms with Crippen LogP contribution in [0.1, 0.15) is 6.92 Å². The topological polar surface area (TPSA) is 91.8 Å². The van der Waals surface area contributed by atoms with E-state index in [1.807, 2.05) is 12.1 Å². The van der Waals surface area contributed by atoms with Gasteiger partial charge in [-0.3, -0.25) is 4.79 Å². The van der Waals surface area contributed by atoms with E-state index >= 15 is 0 Å². The van der Waals surface area contributed by atoms with E-state index in [1.165, 1.54) is 13.1 Å². The van der Waals surface area contributed by atoms with Crippen LogP contribution in [0.3, 0.4) is 0 Å². The van der Waals surface area contributed by atoms with Crippen molar-refractivity contribution < 1.29 is 4.79 Å². The van der Waals surface area contributed by atoms with Crippen LogP contribution in [0.15, 0.2) is 48.7 Å². The molecule has 26 heavy (non-hydrogen) atoms. The van der Waals surface area contributed by atoms with Crippen molar-refractivity contribution in [3.8, 4) is 0 Å². The minimum absolute atomic E-state index is 0.123. The molecule has 0 aliphatic rings. The Labute approximate surface area is 159 Å². The highest BCUT2D eigenvalue weighted by Crippen LogP contribution is 2.24. The molecule has 0 unspecified atom stereocenters. The summed E-state index contributed by atoms with van der Waals surface area (Å²) in [6.45, 7) is 1.46. The fourth-order valence-corrected chi connectivity index (χ4v) is 2.69. The number of hydrogen-bond donors (Lipinski definition) is 3. The molecule has 7 nitrogen and oxygen atoms in total. The van der Waals surface area contributed by atoms with Crippen LogP contribution in [0.5, 0.6) is 0 Å². The molecular formula is C17H14Cl2N6O. The standard InChI is InChI=1S/C17H14Cl2N6O/c1-10(26)21-13-2-4-14(5-3-13)22-16-9-20-25-17(24-16)23-15-7-11(18)6-12(19)8-15/h2-9H,1H3,(H,21,26)(H2,22,23,24,25). The highest BCUT2D eigenvalue weighted by Gasteiger charge is 2.04. The maximum Gasteiger partial charge on any atom is 0.249 e. The smallest absolute Gasteiger partial charge is 0.249 e. The third kappa shape index (κ3) is 5.05. The van der Waals surface area contributed by atoms with Gasteiger partial charge in [0.15, 0.2) is 5.82 Å². The summed E-state index contributed by atoms with van der Waals surface area (Å²) in [6, 6.07) is 12.2. The Hall–Kier alpha value is -2.90. The number of hydrogen-bond acceptors (Lipinski definition) is 6. The second kappa shape index (κ2) is 7.99. The molecule has 0 spiro atoms. The highest BCUT2D eigenvalue weighted by atomic mass is 35.5. The van der Waals surface area contributed by atoms with Crippen molar-refractivity contribution in [1.29, 1.82) is 0 Å². The predicted octanol–water partition coefficient (Wildman–Crippen LogP) is 4.62. The van der Waals surface area contributed by atoms with Crippen LogP contribution >= 0.6 is 23.2 Å². The van der Waals surface area contributed by atoms with Crippen LogP contribution in [0.4, 0.5) is 28.8 Å². The maximum absolute atomic E-state index is 11.0. The van der Waals surface area contributed by atoms with Crippen molar-refractivity contribution in [1.82, 2.24) is 15.2 Å². The Bertz CT molecular complexity index is 913. The van der Waals surface area contributed by atoms with Crippen molar-refractivity contribution in [2.45, 2.75) is 6.92 Å². The normalized spacial score (nSPS) is 10.3. The van der Waals surface area contributed by atoms with Crippen molar-refractivity contribution >= 4 is 57.9 Å². The first-order chi connectivity index (χ1) is 12.5. The average molecular weight is 389 g/mol. The molecular weight excluding hydrogens is 375 g/mol. The Kier molecular flexibility index (Phi) is 5.50. The molecule has 0 saturated carbocycles. The lowest BCUT2D eigenvalue weighted by atomic mass is 10.3. The molecule has 0 aliphatic heterocycles. The molecule has 132 valence electrons. The van der Waals surface area contributed by atoms with Gasteiger partial charge >= 0.3 is 0 Å². The molecule has 2 aromatic carbocycles. The van der Waals surface area contributed by atoms with Crippen LogP contribution < -0.4 is 16.0 Å². The molecule has 0 radical (unpaired) electrons. The van der Waals surface area contributed by atoms with Crippen LogP contribution in [-0.2, 0) is 4.79 Å². The van der Waals surface area contributed by atoms with E-state index in [4.69, 9.17) is 23.2 Å². The zero-order valence-electron chi connectivity index (χ0n) is 13.6. The number of nitrogens with zero attached hydrogens (tertiary/aromatic N) is 3. The van der Waals surface area contributed by atoms with E-state index in [9.17, 15) is 4.79 Å². The fraction of sp³-hybridized carbons (Fsp3) is 0.0588. The Morgan fingerprint density at radius 2 is 1.58 bits per heavy atom. The lowest BCUT2D eigenvalue weighted by Gasteiger charge is -2.09. The van der Waals surface area contributed by atoms with Gasteiger partial charge in [-0.2, -0.15) is 10.1 Å². The molecule has 3 rings (SSSR count). The summed E-state index contributed by atoms with van der Waals surface area (Å²) in [5.41, 5.74) is 2.15. The number of anilines is 5. The SMILES string of the molecule is CC(=O)Nc1ccc(Nc2cnnc(Nc3cc(Cl)cc(Cl)c3)n2)cc1. The van der Waals surface area contributed by atoms with Gasteiger partial charge < -0.3 is 16.0 Å². The molecule has 0 fully saturated rings. The van der Waals surface area contributed by atoms with Gasteiger partial charge in [0, 0.05) is 34.0 Å². The van der Waals surface area contributed by atoms with Gasteiger partial charge in [0.05, 0.1) is 6.20 Å². The van der Waals surface area contributed by atoms with Gasteiger partial charge in [0.1, 0.15) is 0 Å². The molecule has 1 aromatic heterocycles. The van der Waals surface area contributed by atoms with E-state index in [0.717, 1.165) is 5.69 Å². The number of aromatic nitrogens is 3. The third-order valence-electron chi connectivity index (χ3n) is 3.16. The minimum Gasteiger partial charge on any atom is -0.339 e. The lowest BCUT2D eigenvalue weighted by Crippen LogP contribution is -2.05.